The molecule has 0 radical (unpaired) electrons. The van der Waals surface area contributed by atoms with Crippen molar-refractivity contribution in [2.24, 2.45) is 10.2 Å². The third-order valence-electron chi connectivity index (χ3n) is 1.94. The Morgan fingerprint density at radius 2 is 1.25 bits per heavy atom. The highest BCUT2D eigenvalue weighted by molar-refractivity contribution is 5.69. The lowest BCUT2D eigenvalue weighted by atomic mass is 10.3. The molecule has 0 aliphatic heterocycles. The van der Waals surface area contributed by atoms with Crippen LogP contribution in [0.15, 0.2) is 19.5 Å². The van der Waals surface area contributed by atoms with Crippen molar-refractivity contribution in [2.75, 3.05) is 0 Å². The van der Waals surface area contributed by atoms with E-state index in [0.717, 1.165) is 0 Å². The molecule has 0 spiro atoms. The monoisotopic (exact) mass is 280 g/mol. The topological polar surface area (TPSA) is 183 Å². The van der Waals surface area contributed by atoms with E-state index >= 15 is 0 Å². The summed E-state index contributed by atoms with van der Waals surface area (Å²) in [6.45, 7) is 0. The van der Waals surface area contributed by atoms with Crippen LogP contribution < -0.4 is 10.2 Å². The minimum Gasteiger partial charge on any atom is -0.550 e. The van der Waals surface area contributed by atoms with Crippen molar-refractivity contribution >= 4 is 23.6 Å². The molecule has 0 N–H and O–H groups in total. The summed E-state index contributed by atoms with van der Waals surface area (Å²) in [4.78, 5) is 20.8. The molecular weight excluding hydrogens is 276 g/mol. The Morgan fingerprint density at radius 1 is 0.850 bits per heavy atom. The first kappa shape index (κ1) is 13.3. The van der Waals surface area contributed by atoms with Gasteiger partial charge in [0.15, 0.2) is 0 Å². The van der Waals surface area contributed by atoms with Crippen molar-refractivity contribution in [2.45, 2.75) is 12.8 Å². The van der Waals surface area contributed by atoms with Crippen LogP contribution in [0.3, 0.4) is 0 Å². The fraction of sp³-hybridized carbons (Fsp3) is 0.250. The van der Waals surface area contributed by atoms with E-state index in [0.29, 0.717) is 0 Å². The van der Waals surface area contributed by atoms with Gasteiger partial charge >= 0.3 is 0 Å². The van der Waals surface area contributed by atoms with Crippen LogP contribution in [0, 0.1) is 0 Å². The first-order valence-electron chi connectivity index (χ1n) is 5.00. The van der Waals surface area contributed by atoms with Gasteiger partial charge in [-0.2, -0.15) is 0 Å². The van der Waals surface area contributed by atoms with Crippen LogP contribution in [-0.4, -0.2) is 32.6 Å². The molecule has 2 heterocycles. The maximum atomic E-state index is 10.4. The molecule has 0 bridgehead atoms. The highest BCUT2D eigenvalue weighted by atomic mass is 16.6. The highest BCUT2D eigenvalue weighted by Crippen LogP contribution is 2.20. The van der Waals surface area contributed by atoms with Gasteiger partial charge in [0.1, 0.15) is 11.4 Å². The number of aromatic nitrogens is 4. The molecule has 0 aromatic carbocycles. The number of nitrogens with zero attached hydrogens (tertiary/aromatic N) is 6. The Hall–Kier alpha value is -3.18. The number of carbonyl (C=O) groups is 2. The Bertz CT molecular complexity index is 604. The molecule has 0 amide bonds. The number of hydrogen-bond donors (Lipinski definition) is 0. The number of carboxylic acid groups (broad SMARTS) is 2. The fourth-order valence-corrected chi connectivity index (χ4v) is 1.15. The summed E-state index contributed by atoms with van der Waals surface area (Å²) in [5.41, 5.74) is -0.210. The first-order chi connectivity index (χ1) is 9.56. The zero-order chi connectivity index (χ0) is 14.5. The number of azo groups is 1. The minimum absolute atomic E-state index is 0.105. The Kier molecular flexibility index (Phi) is 3.74. The van der Waals surface area contributed by atoms with Crippen LogP contribution in [0.25, 0.3) is 0 Å². The quantitative estimate of drug-likeness (QED) is 0.510. The summed E-state index contributed by atoms with van der Waals surface area (Å²) in [6.07, 6.45) is -1.14. The van der Waals surface area contributed by atoms with Crippen molar-refractivity contribution in [3.8, 4) is 0 Å². The number of rotatable bonds is 6. The third-order valence-corrected chi connectivity index (χ3v) is 1.94. The summed E-state index contributed by atoms with van der Waals surface area (Å²) < 4.78 is 8.61. The van der Waals surface area contributed by atoms with Gasteiger partial charge in [-0.3, -0.25) is 0 Å². The fourth-order valence-electron chi connectivity index (χ4n) is 1.15. The third kappa shape index (κ3) is 3.18. The van der Waals surface area contributed by atoms with E-state index in [-0.39, 0.29) is 23.0 Å². The van der Waals surface area contributed by atoms with E-state index in [2.05, 4.69) is 40.1 Å². The van der Waals surface area contributed by atoms with Gasteiger partial charge in [-0.05, 0) is 10.3 Å². The SMILES string of the molecule is O=C([O-])Cc1nonc1N=Nc1nonc1CC(=O)[O-]. The minimum atomic E-state index is -1.40. The van der Waals surface area contributed by atoms with Crippen molar-refractivity contribution in [1.82, 2.24) is 20.6 Å². The van der Waals surface area contributed by atoms with Crippen LogP contribution in [-0.2, 0) is 22.4 Å². The average molecular weight is 280 g/mol. The van der Waals surface area contributed by atoms with Crippen LogP contribution >= 0.6 is 0 Å². The number of aliphatic carboxylic acids is 2. The molecule has 0 saturated carbocycles. The van der Waals surface area contributed by atoms with Gasteiger partial charge in [0, 0.05) is 24.8 Å². The van der Waals surface area contributed by atoms with Crippen molar-refractivity contribution in [1.29, 1.82) is 0 Å². The molecule has 0 atom stereocenters. The maximum absolute atomic E-state index is 10.4. The van der Waals surface area contributed by atoms with E-state index in [1.54, 1.807) is 0 Å². The van der Waals surface area contributed by atoms with Gasteiger partial charge in [0.05, 0.1) is 0 Å². The summed E-state index contributed by atoms with van der Waals surface area (Å²) in [6, 6.07) is 0. The normalized spacial score (nSPS) is 11.0. The number of carbonyl (C=O) groups excluding carboxylic acids is 2. The number of hydrogen-bond acceptors (Lipinski definition) is 12. The second kappa shape index (κ2) is 5.64. The lowest BCUT2D eigenvalue weighted by molar-refractivity contribution is -0.306. The second-order valence-corrected chi connectivity index (χ2v) is 3.37. The molecule has 2 aromatic heterocycles. The molecule has 12 heteroatoms. The summed E-state index contributed by atoms with van der Waals surface area (Å²) in [5.74, 6) is -3.23. The molecule has 0 unspecified atom stereocenters. The Balaban J connectivity index is 2.17. The molecule has 0 saturated heterocycles. The van der Waals surface area contributed by atoms with E-state index < -0.39 is 24.8 Å². The van der Waals surface area contributed by atoms with E-state index in [1.165, 1.54) is 0 Å². The smallest absolute Gasteiger partial charge is 0.241 e. The zero-order valence-electron chi connectivity index (χ0n) is 9.55. The summed E-state index contributed by atoms with van der Waals surface area (Å²) in [7, 11) is 0. The molecule has 0 aliphatic rings. The Morgan fingerprint density at radius 3 is 1.60 bits per heavy atom. The van der Waals surface area contributed by atoms with Crippen LogP contribution in [0.5, 0.6) is 0 Å². The molecule has 0 aliphatic carbocycles. The highest BCUT2D eigenvalue weighted by Gasteiger charge is 2.12. The van der Waals surface area contributed by atoms with Crippen LogP contribution in [0.1, 0.15) is 11.4 Å². The molecule has 104 valence electrons. The van der Waals surface area contributed by atoms with Gasteiger partial charge in [-0.15, -0.1) is 10.2 Å². The van der Waals surface area contributed by atoms with Gasteiger partial charge in [-0.1, -0.05) is 10.3 Å². The summed E-state index contributed by atoms with van der Waals surface area (Å²) >= 11 is 0. The van der Waals surface area contributed by atoms with Crippen molar-refractivity contribution in [3.05, 3.63) is 11.4 Å². The molecular formula is C8H4N6O6-2. The zero-order valence-corrected chi connectivity index (χ0v) is 9.55. The predicted octanol–water partition coefficient (Wildman–Crippen LogP) is -2.55. The van der Waals surface area contributed by atoms with Crippen LogP contribution in [0.4, 0.5) is 11.6 Å². The Labute approximate surface area is 109 Å². The molecule has 20 heavy (non-hydrogen) atoms. The number of carboxylic acids is 2. The standard InChI is InChI=1S/C8H6N6O6/c15-5(16)1-3-7(13-19-11-3)9-10-8-4(2-6(17)18)12-20-14-8/h1-2H2,(H,15,16)(H,17,18)/p-2. The van der Waals surface area contributed by atoms with E-state index in [4.69, 9.17) is 0 Å². The first-order valence-corrected chi connectivity index (χ1v) is 5.00. The summed E-state index contributed by atoms with van der Waals surface area (Å²) in [5, 5.41) is 41.1. The van der Waals surface area contributed by atoms with E-state index in [1.807, 2.05) is 0 Å². The largest absolute Gasteiger partial charge is 0.550 e. The maximum Gasteiger partial charge on any atom is 0.241 e. The van der Waals surface area contributed by atoms with Gasteiger partial charge in [0.2, 0.25) is 11.6 Å². The van der Waals surface area contributed by atoms with Gasteiger partial charge in [0.25, 0.3) is 0 Å². The lowest BCUT2D eigenvalue weighted by Gasteiger charge is -1.96. The molecule has 2 aromatic rings. The van der Waals surface area contributed by atoms with Crippen LogP contribution in [0.2, 0.25) is 0 Å². The molecule has 12 nitrogen and oxygen atoms in total. The van der Waals surface area contributed by atoms with Crippen molar-refractivity contribution in [3.63, 3.8) is 0 Å². The second-order valence-electron chi connectivity index (χ2n) is 3.37. The molecule has 2 rings (SSSR count). The predicted molar refractivity (Wildman–Crippen MR) is 50.2 cm³/mol. The van der Waals surface area contributed by atoms with Crippen molar-refractivity contribution < 1.29 is 29.1 Å². The van der Waals surface area contributed by atoms with Gasteiger partial charge in [-0.25, -0.2) is 9.26 Å². The van der Waals surface area contributed by atoms with Gasteiger partial charge < -0.3 is 19.8 Å². The lowest BCUT2D eigenvalue weighted by Crippen LogP contribution is -2.24. The molecule has 0 fully saturated rings. The van der Waals surface area contributed by atoms with E-state index in [9.17, 15) is 19.8 Å². The average Bonchev–Trinajstić information content (AvgIpc) is 2.95.